The van der Waals surface area contributed by atoms with E-state index >= 15 is 4.39 Å². The lowest BCUT2D eigenvalue weighted by Crippen LogP contribution is -2.53. The van der Waals surface area contributed by atoms with Gasteiger partial charge in [0.05, 0.1) is 34.6 Å². The van der Waals surface area contributed by atoms with Crippen LogP contribution in [0.4, 0.5) is 10.3 Å². The molecule has 1 aliphatic carbocycles. The van der Waals surface area contributed by atoms with Crippen molar-refractivity contribution in [1.82, 2.24) is 29.7 Å². The van der Waals surface area contributed by atoms with Crippen LogP contribution >= 0.6 is 11.6 Å². The number of fused-ring (bicyclic) bond motifs is 1. The maximum atomic E-state index is 15.3. The molecule has 1 saturated carbocycles. The normalized spacial score (nSPS) is 23.3. The topological polar surface area (TPSA) is 111 Å². The van der Waals surface area contributed by atoms with Crippen molar-refractivity contribution >= 4 is 28.6 Å². The van der Waals surface area contributed by atoms with Gasteiger partial charge in [0, 0.05) is 43.8 Å². The van der Waals surface area contributed by atoms with Crippen LogP contribution in [0.25, 0.3) is 22.3 Å². The van der Waals surface area contributed by atoms with Crippen LogP contribution in [-0.2, 0) is 5.60 Å². The summed E-state index contributed by atoms with van der Waals surface area (Å²) in [4.78, 5) is 15.9. The first-order valence-electron chi connectivity index (χ1n) is 13.4. The van der Waals surface area contributed by atoms with Crippen molar-refractivity contribution in [2.45, 2.75) is 76.8 Å². The minimum Gasteiger partial charge on any atom is -0.391 e. The Morgan fingerprint density at radius 1 is 1.18 bits per heavy atom. The molecule has 11 heteroatoms. The third kappa shape index (κ3) is 5.37. The average molecular weight is 546 g/mol. The average Bonchev–Trinajstić information content (AvgIpc) is 3.28. The predicted molar refractivity (Wildman–Crippen MR) is 147 cm³/mol. The third-order valence-corrected chi connectivity index (χ3v) is 7.88. The Balaban J connectivity index is 1.42. The summed E-state index contributed by atoms with van der Waals surface area (Å²) in [5, 5.41) is 28.5. The van der Waals surface area contributed by atoms with Crippen LogP contribution in [0.5, 0.6) is 0 Å². The van der Waals surface area contributed by atoms with E-state index in [1.165, 1.54) is 12.3 Å². The van der Waals surface area contributed by atoms with Gasteiger partial charge in [0.1, 0.15) is 16.9 Å². The van der Waals surface area contributed by atoms with Gasteiger partial charge in [0.15, 0.2) is 5.82 Å². The lowest BCUT2D eigenvalue weighted by Gasteiger charge is -2.41. The van der Waals surface area contributed by atoms with Crippen LogP contribution in [0.15, 0.2) is 18.3 Å². The molecule has 0 amide bonds. The zero-order chi connectivity index (χ0) is 27.2. The van der Waals surface area contributed by atoms with E-state index < -0.39 is 17.5 Å². The van der Waals surface area contributed by atoms with Gasteiger partial charge < -0.3 is 25.4 Å². The predicted octanol–water partition coefficient (Wildman–Crippen LogP) is 3.69. The summed E-state index contributed by atoms with van der Waals surface area (Å²) in [6.07, 6.45) is 3.45. The highest BCUT2D eigenvalue weighted by molar-refractivity contribution is 6.33. The first-order chi connectivity index (χ1) is 18.0. The molecule has 2 aliphatic rings. The number of nitrogens with one attached hydrogen (secondary N) is 2. The van der Waals surface area contributed by atoms with Gasteiger partial charge >= 0.3 is 0 Å². The molecular weight excluding hydrogens is 509 g/mol. The van der Waals surface area contributed by atoms with Crippen LogP contribution in [0.3, 0.4) is 0 Å². The third-order valence-electron chi connectivity index (χ3n) is 7.60. The SMILES string of the molecule is CC(C)n1c(C(C)(C)O)nc2c(F)cc(-c3nc(N[C@@H]4CC[C@@H](N5CCNCC5)C[C@H]4O)ncc3Cl)cc21. The van der Waals surface area contributed by atoms with Crippen molar-refractivity contribution in [3.63, 3.8) is 0 Å². The van der Waals surface area contributed by atoms with E-state index in [-0.39, 0.29) is 22.6 Å². The number of piperazine rings is 1. The number of hydrogen-bond donors (Lipinski definition) is 4. The number of aliphatic hydroxyl groups is 2. The molecule has 0 unspecified atom stereocenters. The molecule has 1 aromatic carbocycles. The summed E-state index contributed by atoms with van der Waals surface area (Å²) in [5.41, 5.74) is 0.364. The Kier molecular flexibility index (Phi) is 7.63. The highest BCUT2D eigenvalue weighted by Crippen LogP contribution is 2.35. The number of imidazole rings is 1. The maximum absolute atomic E-state index is 15.3. The van der Waals surface area contributed by atoms with Gasteiger partial charge in [0.2, 0.25) is 5.95 Å². The standard InChI is InChI=1S/C27H37ClFN7O2/c1-15(2)36-21-12-16(11-19(29)24(21)33-25(36)27(3,4)38)23-18(28)14-31-26(34-23)32-20-6-5-17(13-22(20)37)35-9-7-30-8-10-35/h11-12,14-15,17,20,22,30,37-38H,5-10,13H2,1-4H3,(H,31,32,34)/t17-,20-,22-/m1/s1. The number of nitrogens with zero attached hydrogens (tertiary/aromatic N) is 5. The number of rotatable bonds is 6. The van der Waals surface area contributed by atoms with E-state index in [9.17, 15) is 10.2 Å². The number of halogens is 2. The summed E-state index contributed by atoms with van der Waals surface area (Å²) in [6, 6.07) is 3.29. The van der Waals surface area contributed by atoms with E-state index in [1.54, 1.807) is 19.9 Å². The summed E-state index contributed by atoms with van der Waals surface area (Å²) in [5.74, 6) is 0.206. The van der Waals surface area contributed by atoms with Crippen LogP contribution in [0.1, 0.15) is 58.8 Å². The molecule has 38 heavy (non-hydrogen) atoms. The number of aliphatic hydroxyl groups excluding tert-OH is 1. The Morgan fingerprint density at radius 3 is 2.58 bits per heavy atom. The fraction of sp³-hybridized carbons (Fsp3) is 0.593. The van der Waals surface area contributed by atoms with E-state index in [2.05, 4.69) is 30.5 Å². The molecule has 1 aliphatic heterocycles. The summed E-state index contributed by atoms with van der Waals surface area (Å²) in [7, 11) is 0. The fourth-order valence-corrected chi connectivity index (χ4v) is 5.92. The number of anilines is 1. The lowest BCUT2D eigenvalue weighted by atomic mass is 9.87. The van der Waals surface area contributed by atoms with Crippen molar-refractivity contribution in [3.8, 4) is 11.3 Å². The van der Waals surface area contributed by atoms with Crippen molar-refractivity contribution in [2.24, 2.45) is 0 Å². The molecule has 1 saturated heterocycles. The Bertz CT molecular complexity index is 1300. The molecule has 206 valence electrons. The molecule has 0 bridgehead atoms. The zero-order valence-corrected chi connectivity index (χ0v) is 23.1. The molecule has 3 atom stereocenters. The summed E-state index contributed by atoms with van der Waals surface area (Å²) < 4.78 is 17.2. The van der Waals surface area contributed by atoms with Gasteiger partial charge in [-0.3, -0.25) is 4.90 Å². The number of aromatic nitrogens is 4. The Labute approximate surface area is 227 Å². The molecule has 9 nitrogen and oxygen atoms in total. The summed E-state index contributed by atoms with van der Waals surface area (Å²) in [6.45, 7) is 11.2. The van der Waals surface area contributed by atoms with Crippen LogP contribution in [-0.4, -0.2) is 79.0 Å². The molecule has 4 N–H and O–H groups in total. The minimum atomic E-state index is -1.25. The zero-order valence-electron chi connectivity index (χ0n) is 22.4. The number of benzene rings is 1. The second kappa shape index (κ2) is 10.7. The first-order valence-corrected chi connectivity index (χ1v) is 13.8. The van der Waals surface area contributed by atoms with Crippen molar-refractivity contribution in [1.29, 1.82) is 0 Å². The minimum absolute atomic E-state index is 0.0630. The largest absolute Gasteiger partial charge is 0.391 e. The van der Waals surface area contributed by atoms with E-state index in [0.29, 0.717) is 41.0 Å². The van der Waals surface area contributed by atoms with Crippen LogP contribution in [0.2, 0.25) is 5.02 Å². The second-order valence-corrected chi connectivity index (χ2v) is 11.7. The second-order valence-electron chi connectivity index (χ2n) is 11.2. The van der Waals surface area contributed by atoms with Crippen LogP contribution in [0, 0.1) is 5.82 Å². The number of hydrogen-bond acceptors (Lipinski definition) is 8. The quantitative estimate of drug-likeness (QED) is 0.371. The van der Waals surface area contributed by atoms with Gasteiger partial charge in [-0.1, -0.05) is 11.6 Å². The summed E-state index contributed by atoms with van der Waals surface area (Å²) >= 11 is 6.49. The Morgan fingerprint density at radius 2 is 1.92 bits per heavy atom. The smallest absolute Gasteiger partial charge is 0.223 e. The highest BCUT2D eigenvalue weighted by atomic mass is 35.5. The fourth-order valence-electron chi connectivity index (χ4n) is 5.72. The Hall–Kier alpha value is -2.37. The molecule has 0 spiro atoms. The van der Waals surface area contributed by atoms with Crippen molar-refractivity contribution in [2.75, 3.05) is 31.5 Å². The van der Waals surface area contributed by atoms with E-state index in [0.717, 1.165) is 39.0 Å². The van der Waals surface area contributed by atoms with Gasteiger partial charge in [-0.25, -0.2) is 19.3 Å². The monoisotopic (exact) mass is 545 g/mol. The van der Waals surface area contributed by atoms with Gasteiger partial charge in [0.25, 0.3) is 0 Å². The van der Waals surface area contributed by atoms with Gasteiger partial charge in [-0.05, 0) is 59.1 Å². The highest BCUT2D eigenvalue weighted by Gasteiger charge is 2.33. The van der Waals surface area contributed by atoms with Gasteiger partial charge in [-0.15, -0.1) is 0 Å². The molecule has 2 fully saturated rings. The molecule has 2 aromatic heterocycles. The van der Waals surface area contributed by atoms with Crippen molar-refractivity contribution < 1.29 is 14.6 Å². The van der Waals surface area contributed by atoms with Crippen molar-refractivity contribution in [3.05, 3.63) is 35.0 Å². The maximum Gasteiger partial charge on any atom is 0.223 e. The van der Waals surface area contributed by atoms with E-state index in [1.807, 2.05) is 18.4 Å². The first kappa shape index (κ1) is 27.2. The molecule has 3 aromatic rings. The van der Waals surface area contributed by atoms with Gasteiger partial charge in [-0.2, -0.15) is 0 Å². The molecule has 3 heterocycles. The molecule has 0 radical (unpaired) electrons. The lowest BCUT2D eigenvalue weighted by molar-refractivity contribution is 0.0475. The van der Waals surface area contributed by atoms with Crippen LogP contribution < -0.4 is 10.6 Å². The van der Waals surface area contributed by atoms with E-state index in [4.69, 9.17) is 11.6 Å². The molecule has 5 rings (SSSR count). The molecular formula is C27H37ClFN7O2.